The van der Waals surface area contributed by atoms with E-state index in [2.05, 4.69) is 40.3 Å². The zero-order valence-electron chi connectivity index (χ0n) is 9.09. The van der Waals surface area contributed by atoms with Crippen LogP contribution in [-0.2, 0) is 0 Å². The SMILES string of the molecule is CNC1CC(Oc2ccc(C)cc2Br)C1. The van der Waals surface area contributed by atoms with Crippen LogP contribution in [-0.4, -0.2) is 19.2 Å². The normalized spacial score (nSPS) is 24.7. The Labute approximate surface area is 99.1 Å². The summed E-state index contributed by atoms with van der Waals surface area (Å²) in [5, 5.41) is 3.25. The standard InChI is InChI=1S/C12H16BrNO/c1-8-3-4-12(11(13)5-8)15-10-6-9(7-10)14-2/h3-5,9-10,14H,6-7H2,1-2H3. The highest BCUT2D eigenvalue weighted by Gasteiger charge is 2.29. The number of hydrogen-bond donors (Lipinski definition) is 1. The van der Waals surface area contributed by atoms with Crippen molar-refractivity contribution in [2.24, 2.45) is 0 Å². The van der Waals surface area contributed by atoms with Crippen molar-refractivity contribution in [2.75, 3.05) is 7.05 Å². The van der Waals surface area contributed by atoms with Gasteiger partial charge in [0.2, 0.25) is 0 Å². The summed E-state index contributed by atoms with van der Waals surface area (Å²) in [5.74, 6) is 0.958. The molecule has 1 aliphatic rings. The molecule has 2 rings (SSSR count). The highest BCUT2D eigenvalue weighted by molar-refractivity contribution is 9.10. The van der Waals surface area contributed by atoms with Crippen LogP contribution in [0.3, 0.4) is 0 Å². The number of rotatable bonds is 3. The number of benzene rings is 1. The van der Waals surface area contributed by atoms with Crippen LogP contribution in [0.2, 0.25) is 0 Å². The quantitative estimate of drug-likeness (QED) is 0.911. The molecule has 3 heteroatoms. The van der Waals surface area contributed by atoms with Crippen LogP contribution in [0, 0.1) is 6.92 Å². The fourth-order valence-electron chi connectivity index (χ4n) is 1.78. The van der Waals surface area contributed by atoms with Gasteiger partial charge in [0.15, 0.2) is 0 Å². The second kappa shape index (κ2) is 4.54. The predicted molar refractivity (Wildman–Crippen MR) is 65.4 cm³/mol. The molecule has 1 fully saturated rings. The Morgan fingerprint density at radius 2 is 2.13 bits per heavy atom. The summed E-state index contributed by atoms with van der Waals surface area (Å²) < 4.78 is 6.93. The Kier molecular flexibility index (Phi) is 3.32. The molecule has 2 nitrogen and oxygen atoms in total. The van der Waals surface area contributed by atoms with Crippen molar-refractivity contribution in [3.63, 3.8) is 0 Å². The Morgan fingerprint density at radius 1 is 1.40 bits per heavy atom. The average Bonchev–Trinajstić information content (AvgIpc) is 2.13. The van der Waals surface area contributed by atoms with Crippen LogP contribution in [0.5, 0.6) is 5.75 Å². The Balaban J connectivity index is 1.94. The van der Waals surface area contributed by atoms with Crippen LogP contribution in [0.15, 0.2) is 22.7 Å². The first kappa shape index (κ1) is 11.0. The summed E-state index contributed by atoms with van der Waals surface area (Å²) in [6, 6.07) is 6.84. The third-order valence-corrected chi connectivity index (χ3v) is 3.50. The van der Waals surface area contributed by atoms with Crippen LogP contribution in [0.1, 0.15) is 18.4 Å². The van der Waals surface area contributed by atoms with Gasteiger partial charge in [0.25, 0.3) is 0 Å². The average molecular weight is 270 g/mol. The van der Waals surface area contributed by atoms with E-state index in [4.69, 9.17) is 4.74 Å². The summed E-state index contributed by atoms with van der Waals surface area (Å²) in [4.78, 5) is 0. The molecule has 1 aromatic rings. The minimum atomic E-state index is 0.376. The molecule has 0 amide bonds. The summed E-state index contributed by atoms with van der Waals surface area (Å²) >= 11 is 3.52. The molecule has 1 aromatic carbocycles. The third-order valence-electron chi connectivity index (χ3n) is 2.88. The van der Waals surface area contributed by atoms with E-state index in [-0.39, 0.29) is 0 Å². The van der Waals surface area contributed by atoms with Gasteiger partial charge in [0.1, 0.15) is 11.9 Å². The second-order valence-electron chi connectivity index (χ2n) is 4.13. The van der Waals surface area contributed by atoms with Gasteiger partial charge < -0.3 is 10.1 Å². The fraction of sp³-hybridized carbons (Fsp3) is 0.500. The van der Waals surface area contributed by atoms with Gasteiger partial charge in [-0.15, -0.1) is 0 Å². The molecule has 1 aliphatic carbocycles. The molecule has 0 heterocycles. The molecular formula is C12H16BrNO. The fourth-order valence-corrected chi connectivity index (χ4v) is 2.37. The van der Waals surface area contributed by atoms with Crippen molar-refractivity contribution in [2.45, 2.75) is 31.9 Å². The first-order valence-electron chi connectivity index (χ1n) is 5.29. The van der Waals surface area contributed by atoms with Crippen molar-refractivity contribution in [1.82, 2.24) is 5.32 Å². The van der Waals surface area contributed by atoms with Crippen molar-refractivity contribution < 1.29 is 4.74 Å². The van der Waals surface area contributed by atoms with Crippen molar-refractivity contribution in [1.29, 1.82) is 0 Å². The van der Waals surface area contributed by atoms with Crippen LogP contribution < -0.4 is 10.1 Å². The van der Waals surface area contributed by atoms with Crippen molar-refractivity contribution in [3.8, 4) is 5.75 Å². The van der Waals surface area contributed by atoms with E-state index >= 15 is 0 Å². The maximum Gasteiger partial charge on any atom is 0.133 e. The van der Waals surface area contributed by atoms with Crippen LogP contribution in [0.4, 0.5) is 0 Å². The Bertz CT molecular complexity index is 347. The lowest BCUT2D eigenvalue weighted by atomic mass is 9.89. The molecule has 15 heavy (non-hydrogen) atoms. The molecule has 0 radical (unpaired) electrons. The number of nitrogens with one attached hydrogen (secondary N) is 1. The maximum atomic E-state index is 5.88. The number of hydrogen-bond acceptors (Lipinski definition) is 2. The lowest BCUT2D eigenvalue weighted by Crippen LogP contribution is -2.45. The lowest BCUT2D eigenvalue weighted by Gasteiger charge is -2.35. The predicted octanol–water partition coefficient (Wildman–Crippen LogP) is 2.89. The topological polar surface area (TPSA) is 21.3 Å². The van der Waals surface area contributed by atoms with Gasteiger partial charge in [0, 0.05) is 6.04 Å². The molecule has 1 saturated carbocycles. The van der Waals surface area contributed by atoms with Gasteiger partial charge in [0.05, 0.1) is 4.47 Å². The molecule has 0 saturated heterocycles. The molecule has 0 spiro atoms. The van der Waals surface area contributed by atoms with Gasteiger partial charge in [-0.3, -0.25) is 0 Å². The lowest BCUT2D eigenvalue weighted by molar-refractivity contribution is 0.0877. The minimum Gasteiger partial charge on any atom is -0.489 e. The van der Waals surface area contributed by atoms with Gasteiger partial charge >= 0.3 is 0 Å². The molecule has 0 unspecified atom stereocenters. The summed E-state index contributed by atoms with van der Waals surface area (Å²) in [6.07, 6.45) is 2.59. The van der Waals surface area contributed by atoms with E-state index in [0.29, 0.717) is 12.1 Å². The molecule has 0 aromatic heterocycles. The Morgan fingerprint density at radius 3 is 2.73 bits per heavy atom. The van der Waals surface area contributed by atoms with E-state index < -0.39 is 0 Å². The monoisotopic (exact) mass is 269 g/mol. The largest absolute Gasteiger partial charge is 0.489 e. The van der Waals surface area contributed by atoms with Crippen molar-refractivity contribution in [3.05, 3.63) is 28.2 Å². The highest BCUT2D eigenvalue weighted by Crippen LogP contribution is 2.31. The molecule has 82 valence electrons. The molecule has 1 N–H and O–H groups in total. The first-order chi connectivity index (χ1) is 7.19. The van der Waals surface area contributed by atoms with Gasteiger partial charge in [-0.2, -0.15) is 0 Å². The smallest absolute Gasteiger partial charge is 0.133 e. The summed E-state index contributed by atoms with van der Waals surface area (Å²) in [7, 11) is 2.00. The van der Waals surface area contributed by atoms with E-state index in [1.807, 2.05) is 13.1 Å². The van der Waals surface area contributed by atoms with E-state index in [0.717, 1.165) is 23.1 Å². The zero-order valence-corrected chi connectivity index (χ0v) is 10.7. The summed E-state index contributed by atoms with van der Waals surface area (Å²) in [5.41, 5.74) is 1.25. The van der Waals surface area contributed by atoms with Crippen molar-refractivity contribution >= 4 is 15.9 Å². The summed E-state index contributed by atoms with van der Waals surface area (Å²) in [6.45, 7) is 2.08. The van der Waals surface area contributed by atoms with Crippen LogP contribution in [0.25, 0.3) is 0 Å². The number of halogens is 1. The second-order valence-corrected chi connectivity index (χ2v) is 4.99. The third kappa shape index (κ3) is 2.52. The molecule has 0 atom stereocenters. The Hall–Kier alpha value is -0.540. The molecular weight excluding hydrogens is 254 g/mol. The van der Waals surface area contributed by atoms with Gasteiger partial charge in [-0.05, 0) is 60.4 Å². The maximum absolute atomic E-state index is 5.88. The van der Waals surface area contributed by atoms with Gasteiger partial charge in [-0.1, -0.05) is 6.07 Å². The van der Waals surface area contributed by atoms with E-state index in [1.165, 1.54) is 5.56 Å². The highest BCUT2D eigenvalue weighted by atomic mass is 79.9. The first-order valence-corrected chi connectivity index (χ1v) is 6.08. The molecule has 0 bridgehead atoms. The molecule has 0 aliphatic heterocycles. The number of aryl methyl sites for hydroxylation is 1. The van der Waals surface area contributed by atoms with Gasteiger partial charge in [-0.25, -0.2) is 0 Å². The number of ether oxygens (including phenoxy) is 1. The zero-order chi connectivity index (χ0) is 10.8. The van der Waals surface area contributed by atoms with E-state index in [9.17, 15) is 0 Å². The van der Waals surface area contributed by atoms with Crippen LogP contribution >= 0.6 is 15.9 Å². The van der Waals surface area contributed by atoms with E-state index in [1.54, 1.807) is 0 Å². The minimum absolute atomic E-state index is 0.376.